The molecule has 0 bridgehead atoms. The van der Waals surface area contributed by atoms with Gasteiger partial charge in [-0.15, -0.1) is 0 Å². The van der Waals surface area contributed by atoms with Gasteiger partial charge in [-0.25, -0.2) is 0 Å². The van der Waals surface area contributed by atoms with Crippen LogP contribution in [-0.4, -0.2) is 0 Å². The molecule has 1 nitrogen and oxygen atoms in total. The van der Waals surface area contributed by atoms with Crippen molar-refractivity contribution in [3.05, 3.63) is 12.7 Å². The van der Waals surface area contributed by atoms with Crippen LogP contribution >= 0.6 is 0 Å². The molecule has 0 atom stereocenters. The molecule has 0 aliphatic carbocycles. The van der Waals surface area contributed by atoms with Crippen molar-refractivity contribution in [2.75, 3.05) is 0 Å². The van der Waals surface area contributed by atoms with Crippen LogP contribution in [0.5, 0.6) is 0 Å². The molecule has 20 valence electrons. The fourth-order valence-corrected chi connectivity index (χ4v) is 0. The fraction of sp³-hybridized carbons (Fsp3) is 0. The first kappa shape index (κ1) is 3.23. The zero-order chi connectivity index (χ0) is 3.41. The van der Waals surface area contributed by atoms with Gasteiger partial charge in [0.15, 0.2) is 0 Å². The molecular formula is C3H4N+. The summed E-state index contributed by atoms with van der Waals surface area (Å²) in [5.41, 5.74) is 0. The molecule has 0 saturated carbocycles. The fourth-order valence-electron chi connectivity index (χ4n) is 0. The van der Waals surface area contributed by atoms with Crippen molar-refractivity contribution in [1.29, 1.82) is 5.26 Å². The summed E-state index contributed by atoms with van der Waals surface area (Å²) in [7, 11) is 0. The van der Waals surface area contributed by atoms with Crippen LogP contribution in [0.2, 0.25) is 0 Å². The second-order valence-electron chi connectivity index (χ2n) is 0.333. The van der Waals surface area contributed by atoms with E-state index in [9.17, 15) is 0 Å². The summed E-state index contributed by atoms with van der Waals surface area (Å²) in [5.74, 6) is 0. The van der Waals surface area contributed by atoms with Crippen molar-refractivity contribution in [3.63, 3.8) is 0 Å². The van der Waals surface area contributed by atoms with Crippen LogP contribution in [-0.2, 0) is 0 Å². The number of nitrogens with zero attached hydrogens (tertiary/aromatic N) is 1. The van der Waals surface area contributed by atoms with Crippen molar-refractivity contribution in [3.8, 4) is 6.07 Å². The number of nitriles is 1. The first-order valence-corrected chi connectivity index (χ1v) is 0.921. The Bertz CT molecular complexity index is 52.4. The van der Waals surface area contributed by atoms with Crippen LogP contribution in [0.4, 0.5) is 0 Å². The monoisotopic (exact) mass is 54.0 g/mol. The average Bonchev–Trinajstić information content (AvgIpc) is 1.37. The molecule has 0 saturated heterocycles. The summed E-state index contributed by atoms with van der Waals surface area (Å²) in [6.45, 7) is 3.12. The van der Waals surface area contributed by atoms with Crippen LogP contribution in [0.15, 0.2) is 12.7 Å². The average molecular weight is 54.1 g/mol. The maximum absolute atomic E-state index is 7.51. The van der Waals surface area contributed by atoms with Gasteiger partial charge in [-0.3, -0.25) is 0 Å². The van der Waals surface area contributed by atoms with Gasteiger partial charge in [-0.1, -0.05) is 6.58 Å². The molecule has 0 aliphatic heterocycles. The number of allylic oxidation sites excluding steroid dienone is 1. The molecule has 0 radical (unpaired) electrons. The summed E-state index contributed by atoms with van der Waals surface area (Å²) in [5, 5.41) is 7.51. The Hall–Kier alpha value is -0.770. The standard InChI is InChI=1S/C3H3N/c1-2-3-4/h2H,1H2/p+1. The lowest BCUT2D eigenvalue weighted by molar-refractivity contribution is 1.54. The number of hydrogen-bond donors (Lipinski definition) is 0. The second kappa shape index (κ2) is 2.23. The first-order valence-electron chi connectivity index (χ1n) is 0.921. The highest BCUT2D eigenvalue weighted by molar-refractivity contribution is 4.93. The maximum atomic E-state index is 7.51. The molecule has 0 aromatic rings. The summed E-state index contributed by atoms with van der Waals surface area (Å²) >= 11 is 0. The van der Waals surface area contributed by atoms with E-state index in [0.717, 1.165) is 0 Å². The molecule has 0 N–H and O–H groups in total. The largest absolute Gasteiger partial charge is 1.00 e. The Morgan fingerprint density at radius 2 is 2.50 bits per heavy atom. The summed E-state index contributed by atoms with van der Waals surface area (Å²) < 4.78 is 0. The van der Waals surface area contributed by atoms with Crippen LogP contribution in [0.1, 0.15) is 1.43 Å². The smallest absolute Gasteiger partial charge is 0.193 e. The van der Waals surface area contributed by atoms with Gasteiger partial charge in [-0.05, 0) is 0 Å². The van der Waals surface area contributed by atoms with E-state index in [2.05, 4.69) is 6.58 Å². The Morgan fingerprint density at radius 1 is 2.25 bits per heavy atom. The molecule has 4 heavy (non-hydrogen) atoms. The molecule has 0 unspecified atom stereocenters. The zero-order valence-electron chi connectivity index (χ0n) is 3.23. The third-order valence-electron chi connectivity index (χ3n) is 0.0913. The Morgan fingerprint density at radius 3 is 2.50 bits per heavy atom. The molecular weight excluding hydrogens is 50.0 g/mol. The Balaban J connectivity index is 0. The van der Waals surface area contributed by atoms with Crippen molar-refractivity contribution in [2.24, 2.45) is 0 Å². The van der Waals surface area contributed by atoms with E-state index in [0.29, 0.717) is 0 Å². The lowest BCUT2D eigenvalue weighted by atomic mass is 10.8. The molecule has 1 heteroatoms. The van der Waals surface area contributed by atoms with Gasteiger partial charge in [0.05, 0.1) is 6.07 Å². The van der Waals surface area contributed by atoms with E-state index >= 15 is 0 Å². The third kappa shape index (κ3) is 1.23. The van der Waals surface area contributed by atoms with Gasteiger partial charge in [0.2, 0.25) is 0 Å². The highest BCUT2D eigenvalue weighted by Crippen LogP contribution is 1.41. The molecule has 0 heterocycles. The zero-order valence-corrected chi connectivity index (χ0v) is 2.23. The quantitative estimate of drug-likeness (QED) is 0.375. The van der Waals surface area contributed by atoms with E-state index in [1.165, 1.54) is 6.08 Å². The predicted molar refractivity (Wildman–Crippen MR) is 16.9 cm³/mol. The van der Waals surface area contributed by atoms with Crippen LogP contribution < -0.4 is 0 Å². The minimum atomic E-state index is 0. The van der Waals surface area contributed by atoms with E-state index in [-0.39, 0.29) is 1.43 Å². The van der Waals surface area contributed by atoms with Gasteiger partial charge >= 0.3 is 1.43 Å². The van der Waals surface area contributed by atoms with Crippen molar-refractivity contribution >= 4 is 0 Å². The molecule has 0 rings (SSSR count). The first-order chi connectivity index (χ1) is 1.91. The van der Waals surface area contributed by atoms with Crippen LogP contribution in [0.3, 0.4) is 0 Å². The molecule has 0 aromatic heterocycles. The lowest BCUT2D eigenvalue weighted by Gasteiger charge is -1.31. The van der Waals surface area contributed by atoms with E-state index in [4.69, 9.17) is 5.26 Å². The minimum Gasteiger partial charge on any atom is -0.193 e. The summed E-state index contributed by atoms with van der Waals surface area (Å²) in [6.07, 6.45) is 1.18. The summed E-state index contributed by atoms with van der Waals surface area (Å²) in [6, 6.07) is 1.69. The van der Waals surface area contributed by atoms with Crippen molar-refractivity contribution in [2.45, 2.75) is 0 Å². The Kier molecular flexibility index (Phi) is 1.80. The van der Waals surface area contributed by atoms with Crippen molar-refractivity contribution < 1.29 is 1.43 Å². The molecule has 0 spiro atoms. The SMILES string of the molecule is C=CC#N.[H+]. The maximum Gasteiger partial charge on any atom is 1.00 e. The Labute approximate surface area is 26.7 Å². The molecule has 0 amide bonds. The summed E-state index contributed by atoms with van der Waals surface area (Å²) in [4.78, 5) is 0. The van der Waals surface area contributed by atoms with E-state index < -0.39 is 0 Å². The van der Waals surface area contributed by atoms with Gasteiger partial charge in [0, 0.05) is 6.08 Å². The molecule has 0 fully saturated rings. The van der Waals surface area contributed by atoms with Gasteiger partial charge < -0.3 is 0 Å². The van der Waals surface area contributed by atoms with Crippen LogP contribution in [0, 0.1) is 11.3 Å². The predicted octanol–water partition coefficient (Wildman–Crippen LogP) is 0.808. The highest BCUT2D eigenvalue weighted by atomic mass is 14.2. The topological polar surface area (TPSA) is 23.8 Å². The second-order valence-corrected chi connectivity index (χ2v) is 0.333. The number of hydrogen-bond acceptors (Lipinski definition) is 1. The third-order valence-corrected chi connectivity index (χ3v) is 0.0913. The van der Waals surface area contributed by atoms with Gasteiger partial charge in [0.1, 0.15) is 0 Å². The van der Waals surface area contributed by atoms with Gasteiger partial charge in [-0.2, -0.15) is 5.26 Å². The van der Waals surface area contributed by atoms with Crippen molar-refractivity contribution in [1.82, 2.24) is 0 Å². The van der Waals surface area contributed by atoms with Gasteiger partial charge in [0.25, 0.3) is 0 Å². The van der Waals surface area contributed by atoms with Crippen LogP contribution in [0.25, 0.3) is 0 Å². The molecule has 0 aliphatic rings. The van der Waals surface area contributed by atoms with E-state index in [1.807, 2.05) is 0 Å². The lowest BCUT2D eigenvalue weighted by Crippen LogP contribution is -1.23. The van der Waals surface area contributed by atoms with E-state index in [1.54, 1.807) is 6.07 Å². The normalized spacial score (nSPS) is 3.75. The minimum absolute atomic E-state index is 0. The molecule has 0 aromatic carbocycles. The highest BCUT2D eigenvalue weighted by Gasteiger charge is 1.34. The number of rotatable bonds is 0.